The number of nitrogens with one attached hydrogen (secondary N) is 1. The Labute approximate surface area is 112 Å². The molecule has 2 aromatic carbocycles. The summed E-state index contributed by atoms with van der Waals surface area (Å²) in [6.07, 6.45) is 0. The van der Waals surface area contributed by atoms with Crippen LogP contribution in [-0.4, -0.2) is 11.7 Å². The zero-order chi connectivity index (χ0) is 13.8. The number of aryl methyl sites for hydroxylation is 1. The van der Waals surface area contributed by atoms with Crippen molar-refractivity contribution in [1.82, 2.24) is 0 Å². The molecule has 0 aliphatic carbocycles. The van der Waals surface area contributed by atoms with Gasteiger partial charge in [0, 0.05) is 5.69 Å². The van der Waals surface area contributed by atoms with Crippen molar-refractivity contribution in [2.24, 2.45) is 0 Å². The van der Waals surface area contributed by atoms with E-state index in [0.29, 0.717) is 5.69 Å². The van der Waals surface area contributed by atoms with Crippen LogP contribution in [0.1, 0.15) is 22.7 Å². The first-order chi connectivity index (χ1) is 9.11. The molecule has 0 aromatic heterocycles. The first-order valence-electron chi connectivity index (χ1n) is 6.31. The van der Waals surface area contributed by atoms with E-state index in [9.17, 15) is 9.50 Å². The minimum atomic E-state index is -0.289. The van der Waals surface area contributed by atoms with E-state index in [1.165, 1.54) is 17.7 Å². The highest BCUT2D eigenvalue weighted by atomic mass is 19.1. The van der Waals surface area contributed by atoms with Crippen molar-refractivity contribution < 1.29 is 9.50 Å². The van der Waals surface area contributed by atoms with Gasteiger partial charge >= 0.3 is 0 Å². The lowest BCUT2D eigenvalue weighted by atomic mass is 9.97. The van der Waals surface area contributed by atoms with Crippen LogP contribution in [0.5, 0.6) is 0 Å². The van der Waals surface area contributed by atoms with Crippen LogP contribution in [0.4, 0.5) is 10.1 Å². The van der Waals surface area contributed by atoms with Crippen molar-refractivity contribution in [2.45, 2.75) is 19.9 Å². The van der Waals surface area contributed by atoms with Crippen LogP contribution >= 0.6 is 0 Å². The third-order valence-corrected chi connectivity index (χ3v) is 3.37. The molecule has 0 heterocycles. The number of anilines is 1. The van der Waals surface area contributed by atoms with Crippen LogP contribution in [0.3, 0.4) is 0 Å². The molecule has 2 rings (SSSR count). The Hall–Kier alpha value is -1.87. The van der Waals surface area contributed by atoms with Crippen molar-refractivity contribution in [3.05, 3.63) is 65.0 Å². The molecule has 2 aromatic rings. The highest BCUT2D eigenvalue weighted by Crippen LogP contribution is 2.24. The van der Waals surface area contributed by atoms with E-state index >= 15 is 0 Å². The molecule has 19 heavy (non-hydrogen) atoms. The van der Waals surface area contributed by atoms with Crippen molar-refractivity contribution in [3.8, 4) is 0 Å². The zero-order valence-electron chi connectivity index (χ0n) is 11.2. The summed E-state index contributed by atoms with van der Waals surface area (Å²) in [6.45, 7) is 4.02. The van der Waals surface area contributed by atoms with Gasteiger partial charge < -0.3 is 10.4 Å². The Bertz CT molecular complexity index is 568. The molecule has 0 amide bonds. The number of hydrogen-bond donors (Lipinski definition) is 2. The van der Waals surface area contributed by atoms with E-state index in [1.807, 2.05) is 32.0 Å². The van der Waals surface area contributed by atoms with Gasteiger partial charge in [-0.3, -0.25) is 0 Å². The summed E-state index contributed by atoms with van der Waals surface area (Å²) in [5.41, 5.74) is 4.02. The molecule has 0 bridgehead atoms. The van der Waals surface area contributed by atoms with Gasteiger partial charge in [-0.05, 0) is 48.7 Å². The van der Waals surface area contributed by atoms with E-state index < -0.39 is 0 Å². The predicted octanol–water partition coefficient (Wildman–Crippen LogP) is 3.59. The van der Waals surface area contributed by atoms with Gasteiger partial charge in [-0.1, -0.05) is 24.3 Å². The molecule has 0 saturated heterocycles. The number of benzene rings is 2. The van der Waals surface area contributed by atoms with E-state index in [2.05, 4.69) is 5.32 Å². The third kappa shape index (κ3) is 3.12. The van der Waals surface area contributed by atoms with E-state index in [4.69, 9.17) is 0 Å². The first-order valence-corrected chi connectivity index (χ1v) is 6.31. The Kier molecular flexibility index (Phi) is 4.17. The fourth-order valence-corrected chi connectivity index (χ4v) is 2.15. The van der Waals surface area contributed by atoms with Gasteiger partial charge in [0.25, 0.3) is 0 Å². The van der Waals surface area contributed by atoms with Crippen molar-refractivity contribution in [1.29, 1.82) is 0 Å². The fourth-order valence-electron chi connectivity index (χ4n) is 2.15. The number of rotatable bonds is 4. The maximum atomic E-state index is 13.2. The van der Waals surface area contributed by atoms with Gasteiger partial charge in [0.1, 0.15) is 5.82 Å². The molecule has 0 spiro atoms. The maximum Gasteiger partial charge on any atom is 0.125 e. The Morgan fingerprint density at radius 3 is 2.58 bits per heavy atom. The van der Waals surface area contributed by atoms with E-state index in [-0.39, 0.29) is 18.5 Å². The molecular weight excluding hydrogens is 241 g/mol. The second-order valence-corrected chi connectivity index (χ2v) is 4.68. The smallest absolute Gasteiger partial charge is 0.125 e. The molecular formula is C16H18FNO. The van der Waals surface area contributed by atoms with E-state index in [1.54, 1.807) is 12.1 Å². The minimum Gasteiger partial charge on any atom is -0.394 e. The van der Waals surface area contributed by atoms with Crippen molar-refractivity contribution in [3.63, 3.8) is 0 Å². The second kappa shape index (κ2) is 5.85. The average Bonchev–Trinajstić information content (AvgIpc) is 2.40. The molecule has 0 aliphatic rings. The van der Waals surface area contributed by atoms with Crippen molar-refractivity contribution >= 4 is 5.69 Å². The summed E-state index contributed by atoms with van der Waals surface area (Å²) in [6, 6.07) is 12.0. The highest BCUT2D eigenvalue weighted by Gasteiger charge is 2.13. The molecule has 1 unspecified atom stereocenters. The standard InChI is InChI=1S/C16H18FNO/c1-11-5-3-8-15(12(11)2)16(10-19)18-14-7-4-6-13(17)9-14/h3-9,16,18-19H,10H2,1-2H3. The molecule has 0 aliphatic heterocycles. The predicted molar refractivity (Wildman–Crippen MR) is 75.8 cm³/mol. The van der Waals surface area contributed by atoms with Gasteiger partial charge in [-0.15, -0.1) is 0 Å². The monoisotopic (exact) mass is 259 g/mol. The lowest BCUT2D eigenvalue weighted by molar-refractivity contribution is 0.276. The molecule has 3 heteroatoms. The van der Waals surface area contributed by atoms with Gasteiger partial charge in [-0.2, -0.15) is 0 Å². The summed E-state index contributed by atoms with van der Waals surface area (Å²) in [7, 11) is 0. The molecule has 0 fully saturated rings. The molecule has 1 atom stereocenters. The van der Waals surface area contributed by atoms with Crippen LogP contribution in [0.2, 0.25) is 0 Å². The largest absolute Gasteiger partial charge is 0.394 e. The molecule has 0 saturated carbocycles. The maximum absolute atomic E-state index is 13.2. The minimum absolute atomic E-state index is 0.0409. The Balaban J connectivity index is 2.28. The number of aliphatic hydroxyl groups is 1. The van der Waals surface area contributed by atoms with Crippen LogP contribution < -0.4 is 5.32 Å². The highest BCUT2D eigenvalue weighted by molar-refractivity contribution is 5.47. The first kappa shape index (κ1) is 13.6. The fraction of sp³-hybridized carbons (Fsp3) is 0.250. The lowest BCUT2D eigenvalue weighted by Crippen LogP contribution is -2.16. The molecule has 0 radical (unpaired) electrons. The Morgan fingerprint density at radius 2 is 1.89 bits per heavy atom. The zero-order valence-corrected chi connectivity index (χ0v) is 11.2. The normalized spacial score (nSPS) is 12.2. The van der Waals surface area contributed by atoms with Gasteiger partial charge in [-0.25, -0.2) is 4.39 Å². The SMILES string of the molecule is Cc1cccc(C(CO)Nc2cccc(F)c2)c1C. The summed E-state index contributed by atoms with van der Waals surface area (Å²) in [4.78, 5) is 0. The van der Waals surface area contributed by atoms with Crippen molar-refractivity contribution in [2.75, 3.05) is 11.9 Å². The van der Waals surface area contributed by atoms with Gasteiger partial charge in [0.05, 0.1) is 12.6 Å². The molecule has 2 nitrogen and oxygen atoms in total. The summed E-state index contributed by atoms with van der Waals surface area (Å²) < 4.78 is 13.2. The van der Waals surface area contributed by atoms with Crippen LogP contribution in [-0.2, 0) is 0 Å². The quantitative estimate of drug-likeness (QED) is 0.879. The number of halogens is 1. The van der Waals surface area contributed by atoms with E-state index in [0.717, 1.165) is 11.1 Å². The Morgan fingerprint density at radius 1 is 1.16 bits per heavy atom. The molecule has 100 valence electrons. The summed E-state index contributed by atoms with van der Waals surface area (Å²) in [5.74, 6) is -0.289. The van der Waals surface area contributed by atoms with Crippen LogP contribution in [0.15, 0.2) is 42.5 Å². The lowest BCUT2D eigenvalue weighted by Gasteiger charge is -2.21. The molecule has 2 N–H and O–H groups in total. The topological polar surface area (TPSA) is 32.3 Å². The van der Waals surface area contributed by atoms with Gasteiger partial charge in [0.2, 0.25) is 0 Å². The summed E-state index contributed by atoms with van der Waals surface area (Å²) >= 11 is 0. The van der Waals surface area contributed by atoms with Crippen LogP contribution in [0.25, 0.3) is 0 Å². The number of hydrogen-bond acceptors (Lipinski definition) is 2. The third-order valence-electron chi connectivity index (χ3n) is 3.37. The average molecular weight is 259 g/mol. The number of aliphatic hydroxyl groups excluding tert-OH is 1. The van der Waals surface area contributed by atoms with Crippen LogP contribution in [0, 0.1) is 19.7 Å². The second-order valence-electron chi connectivity index (χ2n) is 4.68. The summed E-state index contributed by atoms with van der Waals surface area (Å²) in [5, 5.41) is 12.7. The van der Waals surface area contributed by atoms with Gasteiger partial charge in [0.15, 0.2) is 0 Å².